The smallest absolute Gasteiger partial charge is 0.277 e. The molecule has 3 aromatic carbocycles. The van der Waals surface area contributed by atoms with E-state index in [0.29, 0.717) is 28.2 Å². The minimum atomic E-state index is -0.326. The third-order valence-electron chi connectivity index (χ3n) is 4.63. The van der Waals surface area contributed by atoms with E-state index in [1.807, 2.05) is 43.3 Å². The normalized spacial score (nSPS) is 11.2. The van der Waals surface area contributed by atoms with Gasteiger partial charge < -0.3 is 13.9 Å². The van der Waals surface area contributed by atoms with Gasteiger partial charge in [0.05, 0.1) is 23.6 Å². The first kappa shape index (κ1) is 24.8. The Hall–Kier alpha value is -3.27. The lowest BCUT2D eigenvalue weighted by Gasteiger charge is -2.10. The number of benzene rings is 3. The van der Waals surface area contributed by atoms with E-state index < -0.39 is 0 Å². The Labute approximate surface area is 215 Å². The van der Waals surface area contributed by atoms with Crippen LogP contribution in [0.3, 0.4) is 0 Å². The largest absolute Gasteiger partial charge is 0.493 e. The predicted octanol–water partition coefficient (Wildman–Crippen LogP) is 5.75. The number of thioether (sulfide) groups is 1. The molecule has 0 saturated carbocycles. The summed E-state index contributed by atoms with van der Waals surface area (Å²) in [5.41, 5.74) is 3.31. The molecule has 1 amide bonds. The van der Waals surface area contributed by atoms with Gasteiger partial charge in [-0.3, -0.25) is 4.79 Å². The SMILES string of the molecule is CCOc1ccc2ccccc2c1/C=N\NC(=O)CSc1nnc(COc2ccc(Cl)cc2Cl)o1. The van der Waals surface area contributed by atoms with Crippen LogP contribution < -0.4 is 14.9 Å². The second-order valence-corrected chi connectivity index (χ2v) is 8.81. The highest BCUT2D eigenvalue weighted by Gasteiger charge is 2.12. The van der Waals surface area contributed by atoms with E-state index in [1.165, 1.54) is 0 Å². The summed E-state index contributed by atoms with van der Waals surface area (Å²) in [6.07, 6.45) is 1.58. The van der Waals surface area contributed by atoms with E-state index in [4.69, 9.17) is 37.1 Å². The first-order chi connectivity index (χ1) is 17.0. The molecule has 0 saturated heterocycles. The summed E-state index contributed by atoms with van der Waals surface area (Å²) in [6.45, 7) is 2.46. The van der Waals surface area contributed by atoms with Crippen molar-refractivity contribution >= 4 is 57.9 Å². The van der Waals surface area contributed by atoms with Gasteiger partial charge in [-0.05, 0) is 42.0 Å². The summed E-state index contributed by atoms with van der Waals surface area (Å²) in [6, 6.07) is 16.7. The Bertz CT molecular complexity index is 1360. The quantitative estimate of drug-likeness (QED) is 0.158. The lowest BCUT2D eigenvalue weighted by molar-refractivity contribution is -0.118. The number of nitrogens with one attached hydrogen (secondary N) is 1. The van der Waals surface area contributed by atoms with Gasteiger partial charge >= 0.3 is 0 Å². The summed E-state index contributed by atoms with van der Waals surface area (Å²) >= 11 is 13.0. The lowest BCUT2D eigenvalue weighted by Crippen LogP contribution is -2.19. The fraction of sp³-hybridized carbons (Fsp3) is 0.167. The van der Waals surface area contributed by atoms with E-state index in [-0.39, 0.29) is 29.4 Å². The Morgan fingerprint density at radius 3 is 2.77 bits per heavy atom. The van der Waals surface area contributed by atoms with Gasteiger partial charge in [0.15, 0.2) is 6.61 Å². The van der Waals surface area contributed by atoms with Crippen LogP contribution in [0.2, 0.25) is 10.0 Å². The molecule has 11 heteroatoms. The second-order valence-electron chi connectivity index (χ2n) is 7.04. The molecule has 1 aromatic heterocycles. The standard InChI is InChI=1S/C24H20Cl2N4O4S/c1-2-32-20-9-7-15-5-3-4-6-17(15)18(20)12-27-28-22(31)14-35-24-30-29-23(34-24)13-33-21-10-8-16(25)11-19(21)26/h3-12H,2,13-14H2,1H3,(H,28,31)/b27-12-. The lowest BCUT2D eigenvalue weighted by atomic mass is 10.0. The number of aromatic nitrogens is 2. The first-order valence-electron chi connectivity index (χ1n) is 10.5. The molecule has 0 unspecified atom stereocenters. The number of amides is 1. The van der Waals surface area contributed by atoms with Crippen molar-refractivity contribution in [2.24, 2.45) is 5.10 Å². The number of hydrazone groups is 1. The van der Waals surface area contributed by atoms with Crippen molar-refractivity contribution in [1.82, 2.24) is 15.6 Å². The van der Waals surface area contributed by atoms with Gasteiger partial charge in [-0.25, -0.2) is 5.43 Å². The molecule has 0 aliphatic carbocycles. The molecular formula is C24H20Cl2N4O4S. The number of ether oxygens (including phenoxy) is 2. The molecule has 0 fully saturated rings. The average Bonchev–Trinajstić information content (AvgIpc) is 3.31. The van der Waals surface area contributed by atoms with Crippen LogP contribution in [0.1, 0.15) is 18.4 Å². The van der Waals surface area contributed by atoms with E-state index in [1.54, 1.807) is 24.4 Å². The molecule has 4 aromatic rings. The summed E-state index contributed by atoms with van der Waals surface area (Å²) in [7, 11) is 0. The topological polar surface area (TPSA) is 98.8 Å². The van der Waals surface area contributed by atoms with Crippen LogP contribution in [0.5, 0.6) is 11.5 Å². The van der Waals surface area contributed by atoms with Crippen LogP contribution in [0.25, 0.3) is 10.8 Å². The molecule has 8 nitrogen and oxygen atoms in total. The fourth-order valence-electron chi connectivity index (χ4n) is 3.11. The van der Waals surface area contributed by atoms with Gasteiger partial charge in [0.1, 0.15) is 11.5 Å². The number of carbonyl (C=O) groups is 1. The summed E-state index contributed by atoms with van der Waals surface area (Å²) in [5, 5.41) is 15.1. The maximum atomic E-state index is 12.2. The molecule has 1 heterocycles. The monoisotopic (exact) mass is 530 g/mol. The van der Waals surface area contributed by atoms with Crippen molar-refractivity contribution < 1.29 is 18.7 Å². The van der Waals surface area contributed by atoms with Gasteiger partial charge in [0, 0.05) is 10.6 Å². The number of carbonyl (C=O) groups excluding carboxylic acids is 1. The first-order valence-corrected chi connectivity index (χ1v) is 12.3. The van der Waals surface area contributed by atoms with Crippen molar-refractivity contribution in [2.45, 2.75) is 18.8 Å². The van der Waals surface area contributed by atoms with Crippen molar-refractivity contribution in [3.63, 3.8) is 0 Å². The minimum absolute atomic E-state index is 0.0264. The Balaban J connectivity index is 1.30. The zero-order valence-corrected chi connectivity index (χ0v) is 20.9. The molecule has 0 spiro atoms. The van der Waals surface area contributed by atoms with Gasteiger partial charge in [-0.2, -0.15) is 5.10 Å². The Kier molecular flexibility index (Phi) is 8.46. The molecule has 180 valence electrons. The van der Waals surface area contributed by atoms with Crippen molar-refractivity contribution in [3.05, 3.63) is 76.1 Å². The van der Waals surface area contributed by atoms with E-state index in [9.17, 15) is 4.79 Å². The molecule has 1 N–H and O–H groups in total. The van der Waals surface area contributed by atoms with Crippen LogP contribution in [0.15, 0.2) is 69.3 Å². The number of hydrogen-bond acceptors (Lipinski definition) is 8. The maximum absolute atomic E-state index is 12.2. The summed E-state index contributed by atoms with van der Waals surface area (Å²) in [4.78, 5) is 12.2. The highest BCUT2D eigenvalue weighted by atomic mass is 35.5. The highest BCUT2D eigenvalue weighted by molar-refractivity contribution is 7.99. The van der Waals surface area contributed by atoms with E-state index in [2.05, 4.69) is 20.7 Å². The molecule has 4 rings (SSSR count). The van der Waals surface area contributed by atoms with Gasteiger partial charge in [0.25, 0.3) is 17.0 Å². The molecular weight excluding hydrogens is 511 g/mol. The number of fused-ring (bicyclic) bond motifs is 1. The van der Waals surface area contributed by atoms with Gasteiger partial charge in [-0.15, -0.1) is 10.2 Å². The zero-order valence-electron chi connectivity index (χ0n) is 18.5. The molecule has 0 aliphatic rings. The predicted molar refractivity (Wildman–Crippen MR) is 137 cm³/mol. The van der Waals surface area contributed by atoms with Crippen LogP contribution in [-0.4, -0.2) is 34.7 Å². The van der Waals surface area contributed by atoms with Crippen molar-refractivity contribution in [1.29, 1.82) is 0 Å². The van der Waals surface area contributed by atoms with Crippen LogP contribution >= 0.6 is 35.0 Å². The third kappa shape index (κ3) is 6.66. The van der Waals surface area contributed by atoms with Gasteiger partial charge in [0.2, 0.25) is 0 Å². The number of halogens is 2. The fourth-order valence-corrected chi connectivity index (χ4v) is 4.14. The third-order valence-corrected chi connectivity index (χ3v) is 5.98. The molecule has 0 radical (unpaired) electrons. The molecule has 35 heavy (non-hydrogen) atoms. The summed E-state index contributed by atoms with van der Waals surface area (Å²) < 4.78 is 16.8. The molecule has 0 aliphatic heterocycles. The van der Waals surface area contributed by atoms with Crippen LogP contribution in [-0.2, 0) is 11.4 Å². The maximum Gasteiger partial charge on any atom is 0.277 e. The van der Waals surface area contributed by atoms with Gasteiger partial charge in [-0.1, -0.05) is 65.3 Å². The number of nitrogens with zero attached hydrogens (tertiary/aromatic N) is 3. The van der Waals surface area contributed by atoms with E-state index in [0.717, 1.165) is 28.1 Å². The summed E-state index contributed by atoms with van der Waals surface area (Å²) in [5.74, 6) is 1.10. The van der Waals surface area contributed by atoms with Crippen LogP contribution in [0.4, 0.5) is 0 Å². The second kappa shape index (κ2) is 11.9. The highest BCUT2D eigenvalue weighted by Crippen LogP contribution is 2.29. The van der Waals surface area contributed by atoms with Crippen molar-refractivity contribution in [2.75, 3.05) is 12.4 Å². The molecule has 0 atom stereocenters. The van der Waals surface area contributed by atoms with E-state index >= 15 is 0 Å². The number of hydrogen-bond donors (Lipinski definition) is 1. The minimum Gasteiger partial charge on any atom is -0.493 e. The average molecular weight is 531 g/mol. The van der Waals surface area contributed by atoms with Crippen LogP contribution in [0, 0.1) is 0 Å². The number of rotatable bonds is 10. The molecule has 0 bridgehead atoms. The Morgan fingerprint density at radius 2 is 1.94 bits per heavy atom. The zero-order chi connectivity index (χ0) is 24.6. The Morgan fingerprint density at radius 1 is 1.11 bits per heavy atom. The van der Waals surface area contributed by atoms with Crippen molar-refractivity contribution in [3.8, 4) is 11.5 Å².